The van der Waals surface area contributed by atoms with Crippen LogP contribution in [0.5, 0.6) is 0 Å². The van der Waals surface area contributed by atoms with E-state index >= 15 is 0 Å². The van der Waals surface area contributed by atoms with Gasteiger partial charge in [0.05, 0.1) is 16.1 Å². The van der Waals surface area contributed by atoms with E-state index in [0.29, 0.717) is 12.8 Å². The van der Waals surface area contributed by atoms with Gasteiger partial charge in [-0.2, -0.15) is 0 Å². The van der Waals surface area contributed by atoms with Crippen molar-refractivity contribution < 1.29 is 14.7 Å². The van der Waals surface area contributed by atoms with Gasteiger partial charge in [-0.05, 0) is 56.1 Å². The number of hydrogen-bond donors (Lipinski definition) is 1. The average molecular weight is 432 g/mol. The fourth-order valence-electron chi connectivity index (χ4n) is 6.72. The van der Waals surface area contributed by atoms with Crippen LogP contribution < -0.4 is 0 Å². The summed E-state index contributed by atoms with van der Waals surface area (Å²) in [5.41, 5.74) is -1.54. The number of ketones is 2. The minimum absolute atomic E-state index is 0.00378. The standard InChI is InChI=1S/C21H25Cl3O3/c1-18-7-5-13(25)9-12(18)3-4-15-14-6-8-20(27,17(26)11-22)19(14,2)10-16(23)21(15,18)24/h5,7,9,14-16,27H,3-4,6,8,10-11H2,1-2H3/t14-,15-,16-,18-,19-,20-,21-/m0/s1. The molecule has 3 saturated carbocycles. The first kappa shape index (κ1) is 19.9. The first-order chi connectivity index (χ1) is 12.5. The Kier molecular flexibility index (Phi) is 4.49. The molecule has 3 fully saturated rings. The predicted molar refractivity (Wildman–Crippen MR) is 107 cm³/mol. The van der Waals surface area contributed by atoms with Crippen LogP contribution in [0.2, 0.25) is 0 Å². The zero-order valence-electron chi connectivity index (χ0n) is 15.6. The molecule has 7 atom stereocenters. The first-order valence-corrected chi connectivity index (χ1v) is 11.0. The van der Waals surface area contributed by atoms with Crippen LogP contribution in [0.15, 0.2) is 23.8 Å². The molecule has 0 aromatic carbocycles. The molecule has 0 amide bonds. The number of Topliss-reactive ketones (excluding diaryl/α,β-unsaturated/α-hetero) is 1. The van der Waals surface area contributed by atoms with E-state index in [9.17, 15) is 14.7 Å². The molecule has 0 unspecified atom stereocenters. The van der Waals surface area contributed by atoms with Crippen molar-refractivity contribution in [2.24, 2.45) is 22.7 Å². The van der Waals surface area contributed by atoms with Gasteiger partial charge >= 0.3 is 0 Å². The van der Waals surface area contributed by atoms with Crippen LogP contribution in [-0.4, -0.2) is 38.4 Å². The van der Waals surface area contributed by atoms with Crippen LogP contribution in [0.25, 0.3) is 0 Å². The maximum Gasteiger partial charge on any atom is 0.179 e. The predicted octanol–water partition coefficient (Wildman–Crippen LogP) is 4.41. The largest absolute Gasteiger partial charge is 0.381 e. The third-order valence-electron chi connectivity index (χ3n) is 8.33. The van der Waals surface area contributed by atoms with Crippen LogP contribution in [0.3, 0.4) is 0 Å². The second-order valence-corrected chi connectivity index (χ2v) is 10.6. The number of halogens is 3. The Morgan fingerprint density at radius 3 is 2.67 bits per heavy atom. The van der Waals surface area contributed by atoms with Crippen molar-refractivity contribution >= 4 is 46.4 Å². The quantitative estimate of drug-likeness (QED) is 0.659. The lowest BCUT2D eigenvalue weighted by atomic mass is 9.46. The Labute approximate surface area is 175 Å². The van der Waals surface area contributed by atoms with E-state index in [2.05, 4.69) is 6.92 Å². The number of rotatable bonds is 2. The van der Waals surface area contributed by atoms with Crippen LogP contribution >= 0.6 is 34.8 Å². The number of hydrogen-bond acceptors (Lipinski definition) is 3. The van der Waals surface area contributed by atoms with Gasteiger partial charge in [-0.15, -0.1) is 34.8 Å². The molecule has 3 nitrogen and oxygen atoms in total. The molecule has 6 heteroatoms. The number of carbonyl (C=O) groups is 2. The lowest BCUT2D eigenvalue weighted by Crippen LogP contribution is -2.67. The van der Waals surface area contributed by atoms with Gasteiger partial charge in [0, 0.05) is 10.8 Å². The van der Waals surface area contributed by atoms with E-state index in [-0.39, 0.29) is 29.3 Å². The van der Waals surface area contributed by atoms with Gasteiger partial charge in [0.15, 0.2) is 11.6 Å². The maximum absolute atomic E-state index is 12.6. The fourth-order valence-corrected chi connectivity index (χ4v) is 8.17. The topological polar surface area (TPSA) is 54.4 Å². The van der Waals surface area contributed by atoms with Crippen LogP contribution in [0, 0.1) is 22.7 Å². The summed E-state index contributed by atoms with van der Waals surface area (Å²) in [6.45, 7) is 4.05. The van der Waals surface area contributed by atoms with E-state index in [4.69, 9.17) is 34.8 Å². The highest BCUT2D eigenvalue weighted by atomic mass is 35.5. The summed E-state index contributed by atoms with van der Waals surface area (Å²) in [4.78, 5) is 23.7. The molecule has 148 valence electrons. The smallest absolute Gasteiger partial charge is 0.179 e. The molecule has 4 aliphatic rings. The SMILES string of the molecule is C[C@]12C=CC(=O)C=C1CC[C@H]1[C@@H]3CC[C@](O)(C(=O)CCl)[C@@]3(C)C[C@H](Cl)[C@@]12Cl. The van der Waals surface area contributed by atoms with Crippen molar-refractivity contribution in [3.8, 4) is 0 Å². The highest BCUT2D eigenvalue weighted by Crippen LogP contribution is 2.71. The fraction of sp³-hybridized carbons (Fsp3) is 0.714. The normalized spacial score (nSPS) is 51.3. The molecular formula is C21H25Cl3O3. The number of allylic oxidation sites excluding steroid dienone is 4. The molecule has 0 radical (unpaired) electrons. The number of aliphatic hydroxyl groups is 1. The minimum atomic E-state index is -1.44. The second kappa shape index (κ2) is 6.08. The molecule has 27 heavy (non-hydrogen) atoms. The van der Waals surface area contributed by atoms with Gasteiger partial charge in [0.25, 0.3) is 0 Å². The van der Waals surface area contributed by atoms with Gasteiger partial charge < -0.3 is 5.11 Å². The summed E-state index contributed by atoms with van der Waals surface area (Å²) < 4.78 is 0. The van der Waals surface area contributed by atoms with Crippen molar-refractivity contribution in [2.45, 2.75) is 61.8 Å². The summed E-state index contributed by atoms with van der Waals surface area (Å²) in [5.74, 6) is -0.372. The third-order valence-corrected chi connectivity index (χ3v) is 10.1. The lowest BCUT2D eigenvalue weighted by Gasteiger charge is -2.63. The van der Waals surface area contributed by atoms with Crippen LogP contribution in [0.1, 0.15) is 46.0 Å². The summed E-state index contributed by atoms with van der Waals surface area (Å²) >= 11 is 20.2. The summed E-state index contributed by atoms with van der Waals surface area (Å²) in [7, 11) is 0. The van der Waals surface area contributed by atoms with E-state index < -0.39 is 26.7 Å². The van der Waals surface area contributed by atoms with Crippen LogP contribution in [0.4, 0.5) is 0 Å². The maximum atomic E-state index is 12.6. The molecular weight excluding hydrogens is 407 g/mol. The Hall–Kier alpha value is -0.350. The van der Waals surface area contributed by atoms with E-state index in [0.717, 1.165) is 24.8 Å². The van der Waals surface area contributed by atoms with Gasteiger partial charge in [-0.1, -0.05) is 25.5 Å². The highest BCUT2D eigenvalue weighted by Gasteiger charge is 2.72. The first-order valence-electron chi connectivity index (χ1n) is 9.63. The Bertz CT molecular complexity index is 777. The van der Waals surface area contributed by atoms with Crippen LogP contribution in [-0.2, 0) is 9.59 Å². The third kappa shape index (κ3) is 2.26. The van der Waals surface area contributed by atoms with Gasteiger partial charge in [0.2, 0.25) is 0 Å². The molecule has 4 aliphatic carbocycles. The Balaban J connectivity index is 1.81. The molecule has 4 rings (SSSR count). The molecule has 0 heterocycles. The minimum Gasteiger partial charge on any atom is -0.381 e. The second-order valence-electron chi connectivity index (χ2n) is 9.17. The Morgan fingerprint density at radius 2 is 2.00 bits per heavy atom. The van der Waals surface area contributed by atoms with Gasteiger partial charge in [-0.25, -0.2) is 0 Å². The van der Waals surface area contributed by atoms with Crippen molar-refractivity contribution in [1.29, 1.82) is 0 Å². The van der Waals surface area contributed by atoms with E-state index in [1.54, 1.807) is 12.2 Å². The van der Waals surface area contributed by atoms with Crippen molar-refractivity contribution in [3.63, 3.8) is 0 Å². The number of fused-ring (bicyclic) bond motifs is 5. The highest BCUT2D eigenvalue weighted by molar-refractivity contribution is 6.34. The molecule has 0 aromatic rings. The molecule has 1 N–H and O–H groups in total. The molecule has 0 spiro atoms. The van der Waals surface area contributed by atoms with Gasteiger partial charge in [-0.3, -0.25) is 9.59 Å². The summed E-state index contributed by atoms with van der Waals surface area (Å²) in [6, 6.07) is 0. The molecule has 0 saturated heterocycles. The Morgan fingerprint density at radius 1 is 1.30 bits per heavy atom. The monoisotopic (exact) mass is 430 g/mol. The average Bonchev–Trinajstić information content (AvgIpc) is 2.88. The summed E-state index contributed by atoms with van der Waals surface area (Å²) in [5, 5.41) is 10.9. The van der Waals surface area contributed by atoms with Crippen molar-refractivity contribution in [3.05, 3.63) is 23.8 Å². The zero-order valence-corrected chi connectivity index (χ0v) is 17.9. The lowest BCUT2D eigenvalue weighted by molar-refractivity contribution is -0.156. The van der Waals surface area contributed by atoms with Gasteiger partial charge in [0.1, 0.15) is 5.60 Å². The molecule has 0 aromatic heterocycles. The van der Waals surface area contributed by atoms with E-state index in [1.807, 2.05) is 13.0 Å². The zero-order chi connectivity index (χ0) is 19.8. The summed E-state index contributed by atoms with van der Waals surface area (Å²) in [6.07, 6.45) is 8.40. The number of alkyl halides is 3. The van der Waals surface area contributed by atoms with Crippen molar-refractivity contribution in [2.75, 3.05) is 5.88 Å². The molecule has 0 aliphatic heterocycles. The molecule has 0 bridgehead atoms. The van der Waals surface area contributed by atoms with E-state index in [1.165, 1.54) is 0 Å². The van der Waals surface area contributed by atoms with Crippen molar-refractivity contribution in [1.82, 2.24) is 0 Å². The number of carbonyl (C=O) groups excluding carboxylic acids is 2.